The van der Waals surface area contributed by atoms with E-state index in [1.807, 2.05) is 12.1 Å². The molecule has 9 heteroatoms. The number of amides is 1. The Morgan fingerprint density at radius 1 is 1.16 bits per heavy atom. The zero-order valence-corrected chi connectivity index (χ0v) is 19.2. The lowest BCUT2D eigenvalue weighted by Gasteiger charge is -2.28. The van der Waals surface area contributed by atoms with Crippen molar-refractivity contribution in [3.05, 3.63) is 59.1 Å². The molecule has 1 amide bonds. The van der Waals surface area contributed by atoms with Crippen LogP contribution < -0.4 is 14.5 Å². The van der Waals surface area contributed by atoms with Gasteiger partial charge in [0.05, 0.1) is 25.2 Å². The minimum absolute atomic E-state index is 0.114. The first-order valence-electron chi connectivity index (χ1n) is 10.2. The average Bonchev–Trinajstić information content (AvgIpc) is 2.75. The molecule has 1 N–H and O–H groups in total. The lowest BCUT2D eigenvalue weighted by molar-refractivity contribution is -0.121. The Morgan fingerprint density at radius 3 is 2.52 bits per heavy atom. The van der Waals surface area contributed by atoms with E-state index in [-0.39, 0.29) is 18.9 Å². The molecule has 1 heterocycles. The minimum Gasteiger partial charge on any atom is -0.378 e. The molecule has 0 spiro atoms. The van der Waals surface area contributed by atoms with Crippen LogP contribution in [-0.4, -0.2) is 53.4 Å². The summed E-state index contributed by atoms with van der Waals surface area (Å²) in [5, 5.41) is 3.36. The van der Waals surface area contributed by atoms with Gasteiger partial charge in [-0.2, -0.15) is 0 Å². The average molecular weight is 466 g/mol. The first kappa shape index (κ1) is 23.4. The monoisotopic (exact) mass is 465 g/mol. The van der Waals surface area contributed by atoms with Gasteiger partial charge in [0.2, 0.25) is 15.9 Å². The van der Waals surface area contributed by atoms with Crippen LogP contribution in [0.5, 0.6) is 0 Å². The lowest BCUT2D eigenvalue weighted by Crippen LogP contribution is -2.36. The minimum atomic E-state index is -3.47. The first-order valence-corrected chi connectivity index (χ1v) is 12.5. The molecular formula is C22H28ClN3O4S. The Labute approximate surface area is 189 Å². The number of anilines is 2. The summed E-state index contributed by atoms with van der Waals surface area (Å²) >= 11 is 5.98. The number of hydrogen-bond donors (Lipinski definition) is 1. The maximum Gasteiger partial charge on any atom is 0.232 e. The van der Waals surface area contributed by atoms with Gasteiger partial charge in [0.1, 0.15) is 0 Å². The number of carbonyl (C=O) groups is 1. The van der Waals surface area contributed by atoms with Crippen molar-refractivity contribution in [3.8, 4) is 0 Å². The van der Waals surface area contributed by atoms with Crippen molar-refractivity contribution in [2.24, 2.45) is 0 Å². The fraction of sp³-hybridized carbons (Fsp3) is 0.409. The van der Waals surface area contributed by atoms with Gasteiger partial charge in [-0.15, -0.1) is 0 Å². The molecular weight excluding hydrogens is 438 g/mol. The standard InChI is InChI=1S/C22H28ClN3O4S/c1-31(28,29)26(21-5-2-4-19(23)16-21)11-3-6-22(27)24-17-18-7-9-20(10-8-18)25-12-14-30-15-13-25/h2,4-5,7-10,16H,3,6,11-15,17H2,1H3,(H,24,27). The molecule has 0 atom stereocenters. The molecule has 2 aromatic carbocycles. The van der Waals surface area contributed by atoms with Gasteiger partial charge in [-0.1, -0.05) is 29.8 Å². The molecule has 0 radical (unpaired) electrons. The molecule has 0 bridgehead atoms. The second kappa shape index (κ2) is 10.8. The van der Waals surface area contributed by atoms with Crippen LogP contribution in [0.2, 0.25) is 5.02 Å². The van der Waals surface area contributed by atoms with E-state index in [1.54, 1.807) is 24.3 Å². The van der Waals surface area contributed by atoms with Crippen LogP contribution in [0.3, 0.4) is 0 Å². The fourth-order valence-corrected chi connectivity index (χ4v) is 4.58. The number of hydrogen-bond acceptors (Lipinski definition) is 5. The number of nitrogens with one attached hydrogen (secondary N) is 1. The molecule has 1 aliphatic heterocycles. The summed E-state index contributed by atoms with van der Waals surface area (Å²) in [6.07, 6.45) is 1.79. The van der Waals surface area contributed by atoms with Crippen molar-refractivity contribution in [2.75, 3.05) is 48.3 Å². The highest BCUT2D eigenvalue weighted by Gasteiger charge is 2.18. The van der Waals surface area contributed by atoms with E-state index < -0.39 is 10.0 Å². The quantitative estimate of drug-likeness (QED) is 0.615. The van der Waals surface area contributed by atoms with Gasteiger partial charge >= 0.3 is 0 Å². The number of carbonyl (C=O) groups excluding carboxylic acids is 1. The Hall–Kier alpha value is -2.29. The van der Waals surface area contributed by atoms with E-state index in [0.717, 1.165) is 43.8 Å². The topological polar surface area (TPSA) is 79.0 Å². The Kier molecular flexibility index (Phi) is 8.17. The van der Waals surface area contributed by atoms with E-state index in [0.29, 0.717) is 23.7 Å². The zero-order chi connectivity index (χ0) is 22.3. The maximum atomic E-state index is 12.2. The van der Waals surface area contributed by atoms with Gasteiger partial charge in [-0.3, -0.25) is 9.10 Å². The molecule has 1 aliphatic rings. The molecule has 1 fully saturated rings. The summed E-state index contributed by atoms with van der Waals surface area (Å²) in [4.78, 5) is 14.5. The predicted octanol–water partition coefficient (Wildman–Crippen LogP) is 3.04. The highest BCUT2D eigenvalue weighted by molar-refractivity contribution is 7.92. The smallest absolute Gasteiger partial charge is 0.232 e. The number of nitrogens with zero attached hydrogens (tertiary/aromatic N) is 2. The number of benzene rings is 2. The van der Waals surface area contributed by atoms with E-state index >= 15 is 0 Å². The van der Waals surface area contributed by atoms with Gasteiger partial charge in [-0.05, 0) is 42.3 Å². The van der Waals surface area contributed by atoms with Gasteiger partial charge in [0.15, 0.2) is 0 Å². The van der Waals surface area contributed by atoms with Gasteiger partial charge in [0.25, 0.3) is 0 Å². The zero-order valence-electron chi connectivity index (χ0n) is 17.6. The number of rotatable bonds is 9. The molecule has 31 heavy (non-hydrogen) atoms. The van der Waals surface area contributed by atoms with Crippen LogP contribution in [0.15, 0.2) is 48.5 Å². The van der Waals surface area contributed by atoms with Crippen LogP contribution in [-0.2, 0) is 26.1 Å². The van der Waals surface area contributed by atoms with Crippen molar-refractivity contribution in [3.63, 3.8) is 0 Å². The van der Waals surface area contributed by atoms with E-state index in [2.05, 4.69) is 22.3 Å². The van der Waals surface area contributed by atoms with E-state index in [4.69, 9.17) is 16.3 Å². The van der Waals surface area contributed by atoms with Crippen LogP contribution in [0.1, 0.15) is 18.4 Å². The lowest BCUT2D eigenvalue weighted by atomic mass is 10.2. The van der Waals surface area contributed by atoms with Crippen LogP contribution in [0.4, 0.5) is 11.4 Å². The third kappa shape index (κ3) is 7.12. The SMILES string of the molecule is CS(=O)(=O)N(CCCC(=O)NCc1ccc(N2CCOCC2)cc1)c1cccc(Cl)c1. The van der Waals surface area contributed by atoms with Crippen molar-refractivity contribution in [1.82, 2.24) is 5.32 Å². The Bertz CT molecular complexity index is 977. The molecule has 0 aliphatic carbocycles. The largest absolute Gasteiger partial charge is 0.378 e. The van der Waals surface area contributed by atoms with Crippen molar-refractivity contribution >= 4 is 38.9 Å². The molecule has 7 nitrogen and oxygen atoms in total. The number of halogens is 1. The molecule has 2 aromatic rings. The van der Waals surface area contributed by atoms with Crippen LogP contribution in [0, 0.1) is 0 Å². The molecule has 0 saturated carbocycles. The summed E-state index contributed by atoms with van der Waals surface area (Å²) in [6, 6.07) is 14.8. The van der Waals surface area contributed by atoms with Gasteiger partial charge < -0.3 is 15.0 Å². The molecule has 1 saturated heterocycles. The summed E-state index contributed by atoms with van der Waals surface area (Å²) < 4.78 is 30.9. The molecule has 0 unspecified atom stereocenters. The number of ether oxygens (including phenoxy) is 1. The third-order valence-electron chi connectivity index (χ3n) is 5.06. The maximum absolute atomic E-state index is 12.2. The first-order chi connectivity index (χ1) is 14.8. The highest BCUT2D eigenvalue weighted by atomic mass is 35.5. The highest BCUT2D eigenvalue weighted by Crippen LogP contribution is 2.22. The van der Waals surface area contributed by atoms with E-state index in [9.17, 15) is 13.2 Å². The normalized spacial score (nSPS) is 14.3. The van der Waals surface area contributed by atoms with Crippen molar-refractivity contribution in [2.45, 2.75) is 19.4 Å². The predicted molar refractivity (Wildman–Crippen MR) is 124 cm³/mol. The van der Waals surface area contributed by atoms with Gasteiger partial charge in [-0.25, -0.2) is 8.42 Å². The van der Waals surface area contributed by atoms with E-state index in [1.165, 1.54) is 4.31 Å². The second-order valence-corrected chi connectivity index (χ2v) is 9.80. The second-order valence-electron chi connectivity index (χ2n) is 7.46. The summed E-state index contributed by atoms with van der Waals surface area (Å²) in [6.45, 7) is 3.90. The molecule has 168 valence electrons. The van der Waals surface area contributed by atoms with Gasteiger partial charge in [0, 0.05) is 43.3 Å². The van der Waals surface area contributed by atoms with Crippen LogP contribution in [0.25, 0.3) is 0 Å². The molecule has 3 rings (SSSR count). The summed E-state index contributed by atoms with van der Waals surface area (Å²) in [5.41, 5.74) is 2.66. The van der Waals surface area contributed by atoms with Crippen molar-refractivity contribution in [1.29, 1.82) is 0 Å². The number of sulfonamides is 1. The number of morpholine rings is 1. The summed E-state index contributed by atoms with van der Waals surface area (Å²) in [7, 11) is -3.47. The van der Waals surface area contributed by atoms with Crippen molar-refractivity contribution < 1.29 is 17.9 Å². The Morgan fingerprint density at radius 2 is 1.87 bits per heavy atom. The Balaban J connectivity index is 1.46. The molecule has 0 aromatic heterocycles. The summed E-state index contributed by atoms with van der Waals surface area (Å²) in [5.74, 6) is -0.114. The third-order valence-corrected chi connectivity index (χ3v) is 6.49. The van der Waals surface area contributed by atoms with Crippen LogP contribution >= 0.6 is 11.6 Å². The fourth-order valence-electron chi connectivity index (χ4n) is 3.44.